The van der Waals surface area contributed by atoms with Gasteiger partial charge in [0, 0.05) is 27.7 Å². The van der Waals surface area contributed by atoms with E-state index < -0.39 is 0 Å². The van der Waals surface area contributed by atoms with Gasteiger partial charge >= 0.3 is 0 Å². The van der Waals surface area contributed by atoms with E-state index >= 15 is 0 Å². The summed E-state index contributed by atoms with van der Waals surface area (Å²) in [5, 5.41) is 6.98. The maximum Gasteiger partial charge on any atom is 0.230 e. The summed E-state index contributed by atoms with van der Waals surface area (Å²) in [6, 6.07) is 8.26. The number of rotatable bonds is 7. The summed E-state index contributed by atoms with van der Waals surface area (Å²) < 4.78 is 0. The molecule has 5 heteroatoms. The first-order valence-corrected chi connectivity index (χ1v) is 10.3. The van der Waals surface area contributed by atoms with Crippen LogP contribution in [0.3, 0.4) is 0 Å². The largest absolute Gasteiger partial charge is 0.380 e. The maximum atomic E-state index is 4.79. The van der Waals surface area contributed by atoms with Crippen LogP contribution < -0.4 is 10.6 Å². The van der Waals surface area contributed by atoms with E-state index in [1.54, 1.807) is 0 Å². The van der Waals surface area contributed by atoms with Crippen molar-refractivity contribution in [2.45, 2.75) is 91.5 Å². The fourth-order valence-electron chi connectivity index (χ4n) is 2.51. The average Bonchev–Trinajstić information content (AvgIpc) is 2.60. The second kappa shape index (κ2) is 8.06. The van der Waals surface area contributed by atoms with Gasteiger partial charge in [-0.15, -0.1) is 0 Å². The first-order chi connectivity index (χ1) is 12.9. The topological polar surface area (TPSA) is 62.7 Å². The molecule has 1 aromatic heterocycles. The third-order valence-corrected chi connectivity index (χ3v) is 5.28. The van der Waals surface area contributed by atoms with Gasteiger partial charge in [-0.1, -0.05) is 54.5 Å². The summed E-state index contributed by atoms with van der Waals surface area (Å²) in [4.78, 5) is 14.3. The number of hydrogen-bond donors (Lipinski definition) is 2. The highest BCUT2D eigenvalue weighted by molar-refractivity contribution is 5.61. The Balaban J connectivity index is 2.39. The molecular formula is C23H37N5. The van der Waals surface area contributed by atoms with Crippen LogP contribution in [0.5, 0.6) is 0 Å². The fourth-order valence-corrected chi connectivity index (χ4v) is 2.51. The molecule has 1 aromatic carbocycles. The van der Waals surface area contributed by atoms with Crippen molar-refractivity contribution < 1.29 is 0 Å². The molecule has 0 aliphatic rings. The minimum absolute atomic E-state index is 0.0452. The molecule has 0 saturated carbocycles. The summed E-state index contributed by atoms with van der Waals surface area (Å²) in [6.07, 6.45) is 2.01. The van der Waals surface area contributed by atoms with Crippen molar-refractivity contribution >= 4 is 17.3 Å². The Labute approximate surface area is 170 Å². The lowest BCUT2D eigenvalue weighted by atomic mass is 9.88. The van der Waals surface area contributed by atoms with Gasteiger partial charge in [0.1, 0.15) is 11.6 Å². The van der Waals surface area contributed by atoms with Gasteiger partial charge in [0.15, 0.2) is 0 Å². The molecule has 1 heterocycles. The Morgan fingerprint density at radius 2 is 1.39 bits per heavy atom. The molecule has 2 rings (SSSR count). The first kappa shape index (κ1) is 22.1. The first-order valence-electron chi connectivity index (χ1n) is 10.3. The lowest BCUT2D eigenvalue weighted by molar-refractivity contribution is 0.453. The van der Waals surface area contributed by atoms with E-state index in [1.165, 1.54) is 0 Å². The minimum Gasteiger partial charge on any atom is -0.380 e. The lowest BCUT2D eigenvalue weighted by Gasteiger charge is -2.26. The predicted molar refractivity (Wildman–Crippen MR) is 120 cm³/mol. The maximum absolute atomic E-state index is 4.79. The third kappa shape index (κ3) is 5.66. The molecule has 0 unspecified atom stereocenters. The molecule has 0 spiro atoms. The average molecular weight is 384 g/mol. The van der Waals surface area contributed by atoms with Crippen LogP contribution in [-0.2, 0) is 10.8 Å². The normalized spacial score (nSPS) is 12.8. The second-order valence-corrected chi connectivity index (χ2v) is 9.86. The summed E-state index contributed by atoms with van der Waals surface area (Å²) in [5.74, 6) is 2.24. The number of hydrogen-bond acceptors (Lipinski definition) is 5. The van der Waals surface area contributed by atoms with Crippen molar-refractivity contribution in [1.82, 2.24) is 15.0 Å². The Bertz CT molecular complexity index is 803. The number of nitrogens with one attached hydrogen (secondary N) is 2. The zero-order valence-corrected chi connectivity index (χ0v) is 19.1. The highest BCUT2D eigenvalue weighted by Gasteiger charge is 2.27. The molecule has 28 heavy (non-hydrogen) atoms. The molecule has 0 amide bonds. The zero-order chi connectivity index (χ0) is 21.2. The van der Waals surface area contributed by atoms with Crippen molar-refractivity contribution in [2.75, 3.05) is 10.6 Å². The monoisotopic (exact) mass is 383 g/mol. The van der Waals surface area contributed by atoms with Gasteiger partial charge in [-0.05, 0) is 44.9 Å². The third-order valence-electron chi connectivity index (χ3n) is 5.28. The molecule has 0 saturated heterocycles. The van der Waals surface area contributed by atoms with Crippen LogP contribution in [0.2, 0.25) is 0 Å². The summed E-state index contributed by atoms with van der Waals surface area (Å²) in [5.41, 5.74) is 1.84. The van der Waals surface area contributed by atoms with E-state index in [2.05, 4.69) is 85.1 Å². The molecule has 0 atom stereocenters. The van der Waals surface area contributed by atoms with Gasteiger partial charge in [-0.3, -0.25) is 0 Å². The SMILES string of the molecule is CCC(C)(C)Nc1cccc(Nc2nc(C(C)(C)C)nc(C(C)(C)CC)n2)c1. The number of benzene rings is 1. The second-order valence-electron chi connectivity index (χ2n) is 9.86. The van der Waals surface area contributed by atoms with E-state index in [0.29, 0.717) is 5.95 Å². The Hall–Kier alpha value is -2.17. The number of aromatic nitrogens is 3. The van der Waals surface area contributed by atoms with E-state index in [4.69, 9.17) is 15.0 Å². The number of nitrogens with zero attached hydrogens (tertiary/aromatic N) is 3. The molecule has 2 N–H and O–H groups in total. The van der Waals surface area contributed by atoms with E-state index in [1.807, 2.05) is 12.1 Å². The van der Waals surface area contributed by atoms with Crippen LogP contribution in [-0.4, -0.2) is 20.5 Å². The minimum atomic E-state index is -0.146. The van der Waals surface area contributed by atoms with Crippen molar-refractivity contribution in [3.63, 3.8) is 0 Å². The van der Waals surface area contributed by atoms with Crippen LogP contribution in [0.1, 0.15) is 86.8 Å². The van der Waals surface area contributed by atoms with Gasteiger partial charge < -0.3 is 10.6 Å². The highest BCUT2D eigenvalue weighted by Crippen LogP contribution is 2.28. The van der Waals surface area contributed by atoms with Crippen LogP contribution in [0.15, 0.2) is 24.3 Å². The van der Waals surface area contributed by atoms with Crippen LogP contribution in [0.4, 0.5) is 17.3 Å². The Morgan fingerprint density at radius 1 is 0.786 bits per heavy atom. The highest BCUT2D eigenvalue weighted by atomic mass is 15.2. The molecule has 154 valence electrons. The van der Waals surface area contributed by atoms with Crippen LogP contribution in [0, 0.1) is 0 Å². The molecular weight excluding hydrogens is 346 g/mol. The molecule has 0 aliphatic carbocycles. The summed E-state index contributed by atoms with van der Waals surface area (Å²) in [6.45, 7) is 19.5. The lowest BCUT2D eigenvalue weighted by Crippen LogP contribution is -2.29. The van der Waals surface area contributed by atoms with Crippen molar-refractivity contribution in [3.8, 4) is 0 Å². The van der Waals surface area contributed by atoms with Gasteiger partial charge in [0.25, 0.3) is 0 Å². The fraction of sp³-hybridized carbons (Fsp3) is 0.609. The van der Waals surface area contributed by atoms with E-state index in [-0.39, 0.29) is 16.4 Å². The van der Waals surface area contributed by atoms with Gasteiger partial charge in [0.05, 0.1) is 0 Å². The molecule has 0 bridgehead atoms. The number of anilines is 3. The van der Waals surface area contributed by atoms with E-state index in [0.717, 1.165) is 35.9 Å². The van der Waals surface area contributed by atoms with Gasteiger partial charge in [0.2, 0.25) is 5.95 Å². The van der Waals surface area contributed by atoms with Gasteiger partial charge in [-0.2, -0.15) is 9.97 Å². The van der Waals surface area contributed by atoms with E-state index in [9.17, 15) is 0 Å². The van der Waals surface area contributed by atoms with Gasteiger partial charge in [-0.25, -0.2) is 4.98 Å². The zero-order valence-electron chi connectivity index (χ0n) is 19.1. The smallest absolute Gasteiger partial charge is 0.230 e. The Kier molecular flexibility index (Phi) is 6.37. The summed E-state index contributed by atoms with van der Waals surface area (Å²) >= 11 is 0. The van der Waals surface area contributed by atoms with Crippen molar-refractivity contribution in [2.24, 2.45) is 0 Å². The Morgan fingerprint density at radius 3 is 1.96 bits per heavy atom. The molecule has 0 aliphatic heterocycles. The molecule has 0 radical (unpaired) electrons. The summed E-state index contributed by atoms with van der Waals surface area (Å²) in [7, 11) is 0. The standard InChI is InChI=1S/C23H37N5/c1-10-22(6,7)19-25-18(21(3,4)5)26-20(27-19)24-16-13-12-14-17(15-16)28-23(8,9)11-2/h12-15,28H,10-11H2,1-9H3,(H,24,25,26,27). The molecule has 0 fully saturated rings. The molecule has 2 aromatic rings. The van der Waals surface area contributed by atoms with Crippen molar-refractivity contribution in [3.05, 3.63) is 35.9 Å². The quantitative estimate of drug-likeness (QED) is 0.596. The van der Waals surface area contributed by atoms with Crippen LogP contribution >= 0.6 is 0 Å². The molecule has 5 nitrogen and oxygen atoms in total. The van der Waals surface area contributed by atoms with Crippen molar-refractivity contribution in [1.29, 1.82) is 0 Å². The van der Waals surface area contributed by atoms with Crippen LogP contribution in [0.25, 0.3) is 0 Å². The predicted octanol–water partition coefficient (Wildman–Crippen LogP) is 6.20.